The summed E-state index contributed by atoms with van der Waals surface area (Å²) in [5, 5.41) is 5.97. The van der Waals surface area contributed by atoms with Crippen LogP contribution in [0.4, 0.5) is 26.2 Å². The summed E-state index contributed by atoms with van der Waals surface area (Å²) < 4.78 is 13.5. The molecule has 0 aromatic heterocycles. The Kier molecular flexibility index (Phi) is 9.33. The average Bonchev–Trinajstić information content (AvgIpc) is 3.03. The van der Waals surface area contributed by atoms with Gasteiger partial charge >= 0.3 is 6.03 Å². The van der Waals surface area contributed by atoms with Crippen LogP contribution in [0.25, 0.3) is 11.1 Å². The number of hydrogen-bond acceptors (Lipinski definition) is 3. The van der Waals surface area contributed by atoms with Crippen LogP contribution < -0.4 is 20.4 Å². The van der Waals surface area contributed by atoms with Crippen molar-refractivity contribution in [1.82, 2.24) is 5.32 Å². The van der Waals surface area contributed by atoms with E-state index in [9.17, 15) is 14.0 Å². The predicted molar refractivity (Wildman–Crippen MR) is 178 cm³/mol. The number of amides is 3. The van der Waals surface area contributed by atoms with Crippen molar-refractivity contribution in [3.8, 4) is 11.1 Å². The van der Waals surface area contributed by atoms with Crippen molar-refractivity contribution in [2.75, 3.05) is 34.8 Å². The number of nitrogens with zero attached hydrogens (tertiary/aromatic N) is 2. The number of anilines is 3. The van der Waals surface area contributed by atoms with E-state index in [1.807, 2.05) is 55.5 Å². The number of halogens is 1. The molecule has 1 saturated heterocycles. The highest BCUT2D eigenvalue weighted by Gasteiger charge is 2.29. The topological polar surface area (TPSA) is 64.7 Å². The van der Waals surface area contributed by atoms with Crippen LogP contribution >= 0.6 is 0 Å². The molecule has 1 aliphatic rings. The lowest BCUT2D eigenvalue weighted by Crippen LogP contribution is -2.51. The molecule has 44 heavy (non-hydrogen) atoms. The van der Waals surface area contributed by atoms with Gasteiger partial charge in [0.25, 0.3) is 5.91 Å². The highest BCUT2D eigenvalue weighted by atomic mass is 19.1. The average molecular weight is 593 g/mol. The minimum Gasteiger partial charge on any atom is -0.371 e. The molecule has 0 unspecified atom stereocenters. The van der Waals surface area contributed by atoms with Gasteiger partial charge in [-0.3, -0.25) is 9.69 Å². The number of rotatable bonds is 7. The summed E-state index contributed by atoms with van der Waals surface area (Å²) in [5.74, 6) is -0.477. The Morgan fingerprint density at radius 3 is 2.11 bits per heavy atom. The Labute approximate surface area is 259 Å². The predicted octanol–water partition coefficient (Wildman–Crippen LogP) is 8.25. The van der Waals surface area contributed by atoms with Crippen molar-refractivity contribution >= 4 is 29.0 Å². The standard InChI is InChI=1S/C37H41FN4O2/c1-5-39-36(44)42(31-18-14-28(38)15-19-31)32-22-24-41(25-23-32)30-20-16-29(17-21-30)40-35(43)34-9-7-6-8-33(34)26-10-12-27(13-11-26)37(2,3)4/h6-21,32H,5,22-25H2,1-4H3,(H,39,44)(H,40,43). The van der Waals surface area contributed by atoms with Gasteiger partial charge < -0.3 is 15.5 Å². The maximum Gasteiger partial charge on any atom is 0.322 e. The van der Waals surface area contributed by atoms with Crippen LogP contribution in [0.1, 0.15) is 56.5 Å². The van der Waals surface area contributed by atoms with E-state index in [-0.39, 0.29) is 29.2 Å². The summed E-state index contributed by atoms with van der Waals surface area (Å²) in [6.45, 7) is 10.5. The van der Waals surface area contributed by atoms with Gasteiger partial charge in [0.05, 0.1) is 0 Å². The van der Waals surface area contributed by atoms with Crippen LogP contribution in [0, 0.1) is 5.82 Å². The lowest BCUT2D eigenvalue weighted by atomic mass is 9.86. The van der Waals surface area contributed by atoms with Crippen molar-refractivity contribution in [2.24, 2.45) is 0 Å². The molecule has 3 amide bonds. The molecule has 0 aliphatic carbocycles. The number of piperidine rings is 1. The van der Waals surface area contributed by atoms with Gasteiger partial charge in [-0.05, 0) is 96.5 Å². The van der Waals surface area contributed by atoms with Crippen LogP contribution in [0.5, 0.6) is 0 Å². The van der Waals surface area contributed by atoms with E-state index in [1.54, 1.807) is 17.0 Å². The summed E-state index contributed by atoms with van der Waals surface area (Å²) >= 11 is 0. The van der Waals surface area contributed by atoms with Crippen molar-refractivity contribution in [3.63, 3.8) is 0 Å². The third-order valence-corrected chi connectivity index (χ3v) is 8.21. The fourth-order valence-electron chi connectivity index (χ4n) is 5.75. The van der Waals surface area contributed by atoms with Gasteiger partial charge in [0.2, 0.25) is 0 Å². The van der Waals surface area contributed by atoms with Gasteiger partial charge in [0.15, 0.2) is 0 Å². The highest BCUT2D eigenvalue weighted by molar-refractivity contribution is 6.08. The Morgan fingerprint density at radius 1 is 0.864 bits per heavy atom. The van der Waals surface area contributed by atoms with Gasteiger partial charge in [-0.1, -0.05) is 63.2 Å². The first kappa shape index (κ1) is 30.8. The highest BCUT2D eigenvalue weighted by Crippen LogP contribution is 2.30. The second-order valence-corrected chi connectivity index (χ2v) is 12.3. The molecule has 1 aliphatic heterocycles. The molecule has 0 atom stereocenters. The van der Waals surface area contributed by atoms with Crippen molar-refractivity contribution < 1.29 is 14.0 Å². The van der Waals surface area contributed by atoms with Crippen LogP contribution in [0.2, 0.25) is 0 Å². The monoisotopic (exact) mass is 592 g/mol. The van der Waals surface area contributed by atoms with Crippen LogP contribution in [-0.2, 0) is 5.41 Å². The minimum atomic E-state index is -0.325. The lowest BCUT2D eigenvalue weighted by Gasteiger charge is -2.39. The number of carbonyl (C=O) groups is 2. The molecule has 7 heteroatoms. The molecule has 4 aromatic carbocycles. The molecular formula is C37H41FN4O2. The number of urea groups is 1. The molecule has 6 nitrogen and oxygen atoms in total. The first-order chi connectivity index (χ1) is 21.1. The molecule has 0 bridgehead atoms. The summed E-state index contributed by atoms with van der Waals surface area (Å²) in [6.07, 6.45) is 1.56. The largest absolute Gasteiger partial charge is 0.371 e. The van der Waals surface area contributed by atoms with E-state index in [0.717, 1.165) is 48.4 Å². The van der Waals surface area contributed by atoms with E-state index in [4.69, 9.17) is 0 Å². The Hall–Kier alpha value is -4.65. The molecule has 1 heterocycles. The van der Waals surface area contributed by atoms with E-state index < -0.39 is 0 Å². The van der Waals surface area contributed by atoms with E-state index in [1.165, 1.54) is 17.7 Å². The van der Waals surface area contributed by atoms with Gasteiger partial charge in [-0.15, -0.1) is 0 Å². The first-order valence-corrected chi connectivity index (χ1v) is 15.3. The summed E-state index contributed by atoms with van der Waals surface area (Å²) in [6, 6.07) is 29.9. The van der Waals surface area contributed by atoms with Crippen LogP contribution in [0.15, 0.2) is 97.1 Å². The van der Waals surface area contributed by atoms with Crippen LogP contribution in [-0.4, -0.2) is 37.6 Å². The molecular weight excluding hydrogens is 551 g/mol. The molecule has 0 spiro atoms. The normalized spacial score (nSPS) is 13.8. The third-order valence-electron chi connectivity index (χ3n) is 8.21. The van der Waals surface area contributed by atoms with Gasteiger partial charge in [-0.25, -0.2) is 9.18 Å². The van der Waals surface area contributed by atoms with E-state index in [2.05, 4.69) is 60.6 Å². The fourth-order valence-corrected chi connectivity index (χ4v) is 5.75. The SMILES string of the molecule is CCNC(=O)N(c1ccc(F)cc1)C1CCN(c2ccc(NC(=O)c3ccccc3-c3ccc(C(C)(C)C)cc3)cc2)CC1. The van der Waals surface area contributed by atoms with Crippen molar-refractivity contribution in [3.05, 3.63) is 114 Å². The molecule has 2 N–H and O–H groups in total. The second-order valence-electron chi connectivity index (χ2n) is 12.3. The number of carbonyl (C=O) groups excluding carboxylic acids is 2. The first-order valence-electron chi connectivity index (χ1n) is 15.3. The molecule has 0 radical (unpaired) electrons. The number of nitrogens with one attached hydrogen (secondary N) is 2. The van der Waals surface area contributed by atoms with Crippen molar-refractivity contribution in [1.29, 1.82) is 0 Å². The summed E-state index contributed by atoms with van der Waals surface area (Å²) in [4.78, 5) is 30.4. The Morgan fingerprint density at radius 2 is 1.50 bits per heavy atom. The second kappa shape index (κ2) is 13.3. The molecule has 228 valence electrons. The summed E-state index contributed by atoms with van der Waals surface area (Å²) in [5.41, 5.74) is 6.32. The zero-order chi connectivity index (χ0) is 31.3. The lowest BCUT2D eigenvalue weighted by molar-refractivity contribution is 0.102. The Balaban J connectivity index is 1.23. The Bertz CT molecular complexity index is 1570. The van der Waals surface area contributed by atoms with Gasteiger partial charge in [0.1, 0.15) is 5.82 Å². The van der Waals surface area contributed by atoms with E-state index >= 15 is 0 Å². The zero-order valence-corrected chi connectivity index (χ0v) is 25.9. The quantitative estimate of drug-likeness (QED) is 0.227. The molecule has 1 fully saturated rings. The molecule has 5 rings (SSSR count). The van der Waals surface area contributed by atoms with Gasteiger partial charge in [0, 0.05) is 48.3 Å². The molecule has 0 saturated carbocycles. The fraction of sp³-hybridized carbons (Fsp3) is 0.297. The zero-order valence-electron chi connectivity index (χ0n) is 25.9. The minimum absolute atomic E-state index is 0.00607. The van der Waals surface area contributed by atoms with Crippen molar-refractivity contribution in [2.45, 2.75) is 52.0 Å². The van der Waals surface area contributed by atoms with Gasteiger partial charge in [-0.2, -0.15) is 0 Å². The number of hydrogen-bond donors (Lipinski definition) is 2. The van der Waals surface area contributed by atoms with Crippen LogP contribution in [0.3, 0.4) is 0 Å². The molecule has 4 aromatic rings. The third kappa shape index (κ3) is 7.10. The smallest absolute Gasteiger partial charge is 0.322 e. The maximum atomic E-state index is 13.5. The maximum absolute atomic E-state index is 13.5. The van der Waals surface area contributed by atoms with E-state index in [0.29, 0.717) is 17.8 Å². The summed E-state index contributed by atoms with van der Waals surface area (Å²) in [7, 11) is 0. The number of benzene rings is 4.